The highest BCUT2D eigenvalue weighted by molar-refractivity contribution is 6.19. The molecular formula is C95H106N8O6. The number of hydrogen-bond acceptors (Lipinski definition) is 10. The highest BCUT2D eigenvalue weighted by Crippen LogP contribution is 2.48. The van der Waals surface area contributed by atoms with Crippen molar-refractivity contribution in [3.8, 4) is 11.5 Å². The summed E-state index contributed by atoms with van der Waals surface area (Å²) in [6.07, 6.45) is 14.4. The van der Waals surface area contributed by atoms with Gasteiger partial charge in [-0.25, -0.2) is 0 Å². The van der Waals surface area contributed by atoms with Crippen molar-refractivity contribution in [2.45, 2.75) is 183 Å². The number of aromatic nitrogens is 4. The Morgan fingerprint density at radius 2 is 0.835 bits per heavy atom. The van der Waals surface area contributed by atoms with Crippen LogP contribution in [0.25, 0.3) is 110 Å². The van der Waals surface area contributed by atoms with Gasteiger partial charge in [-0.2, -0.15) is 0 Å². The molecule has 5 aliphatic carbocycles. The standard InChI is InChI=1S/C25H28N2O2.C24H26N2O.C23H26N2O2.C23H26N2O/c1-15-6-7-19-18(15)8-9-22-25(19)21-13-20(16(2)28)24(29)14-23(21)27(22)12-10-17-5-4-11-26(17)3;1-15-5-6-18-16(15)7-10-20-23(18)24-19-9-12-22(27)17(19)8-11-21(24)26(20)14-4-13-25(2)3;1-13(2)24-9-10-25-20-8-7-16-14(3)5-6-17(16)23(20)19-11-18(15(4)26)22(27)12-21(19)25;1-14(2)24-11-12-25-21-9-6-17(16(4)26)13-20(21)23-19-7-5-15(3)18(19)8-10-22(23)25/h8-9,13-14,17,29H,1,4-7,10-12H2,2-3H3;7-8,10-11H,1,4-6,9,12-14H2,2-3H3;7-8,11-13,24,27H,3,5-6,9-10H2,1-2,4H3;6,8-10,13-14,24H,3,5,7,11-12H2,1-2,4H3. The molecule has 1 saturated heterocycles. The molecule has 1 aliphatic heterocycles. The second-order valence-electron chi connectivity index (χ2n) is 32.5. The zero-order valence-corrected chi connectivity index (χ0v) is 65.6. The van der Waals surface area contributed by atoms with Gasteiger partial charge in [-0.15, -0.1) is 0 Å². The van der Waals surface area contributed by atoms with E-state index in [0.29, 0.717) is 41.5 Å². The smallest absolute Gasteiger partial charge is 0.163 e. The summed E-state index contributed by atoms with van der Waals surface area (Å²) in [5.41, 5.74) is 28.7. The lowest BCUT2D eigenvalue weighted by Crippen LogP contribution is -2.26. The van der Waals surface area contributed by atoms with Crippen LogP contribution in [0.3, 0.4) is 0 Å². The summed E-state index contributed by atoms with van der Waals surface area (Å²) in [5, 5.41) is 37.7. The molecule has 6 aliphatic rings. The van der Waals surface area contributed by atoms with Gasteiger partial charge in [0.15, 0.2) is 23.1 Å². The first kappa shape index (κ1) is 74.5. The maximum absolute atomic E-state index is 12.4. The van der Waals surface area contributed by atoms with E-state index in [1.165, 1.54) is 165 Å². The Bertz CT molecular complexity index is 5760. The predicted octanol–water partition coefficient (Wildman–Crippen LogP) is 19.6. The number of hydrogen-bond donors (Lipinski definition) is 4. The van der Waals surface area contributed by atoms with Crippen LogP contribution in [0.1, 0.15) is 198 Å². The van der Waals surface area contributed by atoms with E-state index in [4.69, 9.17) is 0 Å². The van der Waals surface area contributed by atoms with E-state index in [1.807, 2.05) is 18.2 Å². The number of nitrogens with one attached hydrogen (secondary N) is 2. The number of nitrogens with zero attached hydrogens (tertiary/aromatic N) is 6. The Kier molecular flexibility index (Phi) is 20.6. The molecule has 0 spiro atoms. The van der Waals surface area contributed by atoms with Gasteiger partial charge in [0.1, 0.15) is 11.5 Å². The summed E-state index contributed by atoms with van der Waals surface area (Å²) >= 11 is 0. The van der Waals surface area contributed by atoms with Crippen LogP contribution in [-0.4, -0.2) is 127 Å². The molecule has 0 amide bonds. The number of rotatable bonds is 18. The molecule has 109 heavy (non-hydrogen) atoms. The molecule has 1 atom stereocenters. The third-order valence-corrected chi connectivity index (χ3v) is 24.5. The van der Waals surface area contributed by atoms with E-state index in [0.717, 1.165) is 155 Å². The average Bonchev–Trinajstić information content (AvgIpc) is 1.71. The zero-order valence-electron chi connectivity index (χ0n) is 65.6. The van der Waals surface area contributed by atoms with Crippen molar-refractivity contribution in [3.05, 3.63) is 202 Å². The van der Waals surface area contributed by atoms with Gasteiger partial charge in [0.25, 0.3) is 0 Å². The predicted molar refractivity (Wildman–Crippen MR) is 453 cm³/mol. The van der Waals surface area contributed by atoms with Gasteiger partial charge < -0.3 is 48.9 Å². The number of Topliss-reactive ketones (excluding diaryl/α,β-unsaturated/α-hetero) is 4. The zero-order chi connectivity index (χ0) is 76.7. The van der Waals surface area contributed by atoms with Crippen molar-refractivity contribution in [1.82, 2.24) is 38.7 Å². The summed E-state index contributed by atoms with van der Waals surface area (Å²) in [6.45, 7) is 37.9. The van der Waals surface area contributed by atoms with Crippen LogP contribution in [0.5, 0.6) is 11.5 Å². The summed E-state index contributed by atoms with van der Waals surface area (Å²) in [6, 6.07) is 36.9. The molecular weight excluding hydrogens is 1350 g/mol. The molecule has 0 saturated carbocycles. The third kappa shape index (κ3) is 13.6. The number of aryl methyl sites for hydroxylation is 7. The molecule has 18 rings (SSSR count). The van der Waals surface area contributed by atoms with Crippen LogP contribution in [0.15, 0.2) is 129 Å². The lowest BCUT2D eigenvalue weighted by Gasteiger charge is -2.20. The number of benzene rings is 8. The van der Waals surface area contributed by atoms with Crippen LogP contribution >= 0.6 is 0 Å². The van der Waals surface area contributed by atoms with E-state index < -0.39 is 0 Å². The molecule has 562 valence electrons. The van der Waals surface area contributed by atoms with Gasteiger partial charge in [0.05, 0.1) is 22.2 Å². The monoisotopic (exact) mass is 1450 g/mol. The van der Waals surface area contributed by atoms with Crippen molar-refractivity contribution >= 4 is 133 Å². The van der Waals surface area contributed by atoms with Crippen molar-refractivity contribution in [1.29, 1.82) is 0 Å². The number of phenolic OH excluding ortho intramolecular Hbond substituents is 2. The summed E-state index contributed by atoms with van der Waals surface area (Å²) in [7, 11) is 6.47. The summed E-state index contributed by atoms with van der Waals surface area (Å²) in [5.74, 6) is 0.331. The second-order valence-corrected chi connectivity index (χ2v) is 32.5. The largest absolute Gasteiger partial charge is 0.507 e. The topological polar surface area (TPSA) is 159 Å². The molecule has 12 aromatic rings. The number of fused-ring (bicyclic) bond motifs is 22. The lowest BCUT2D eigenvalue weighted by atomic mass is 9.97. The van der Waals surface area contributed by atoms with Crippen molar-refractivity contribution in [3.63, 3.8) is 0 Å². The molecule has 8 aromatic carbocycles. The Balaban J connectivity index is 0.000000116. The fraction of sp³-hybridized carbons (Fsp3) is 0.368. The van der Waals surface area contributed by atoms with Gasteiger partial charge in [0.2, 0.25) is 0 Å². The summed E-state index contributed by atoms with van der Waals surface area (Å²) in [4.78, 5) is 53.1. The van der Waals surface area contributed by atoms with E-state index >= 15 is 0 Å². The van der Waals surface area contributed by atoms with Crippen LogP contribution in [0.2, 0.25) is 0 Å². The molecule has 1 unspecified atom stereocenters. The number of aromatic hydroxyl groups is 2. The van der Waals surface area contributed by atoms with E-state index in [1.54, 1.807) is 19.1 Å². The molecule has 14 nitrogen and oxygen atoms in total. The fourth-order valence-electron chi connectivity index (χ4n) is 19.0. The lowest BCUT2D eigenvalue weighted by molar-refractivity contribution is 0.0989. The first-order chi connectivity index (χ1) is 52.4. The van der Waals surface area contributed by atoms with Crippen molar-refractivity contribution < 1.29 is 29.4 Å². The van der Waals surface area contributed by atoms with Gasteiger partial charge in [0, 0.05) is 163 Å². The maximum atomic E-state index is 12.4. The van der Waals surface area contributed by atoms with E-state index in [-0.39, 0.29) is 28.8 Å². The molecule has 14 heteroatoms. The van der Waals surface area contributed by atoms with Crippen LogP contribution in [-0.2, 0) is 58.3 Å². The highest BCUT2D eigenvalue weighted by atomic mass is 16.3. The molecule has 0 radical (unpaired) electrons. The Morgan fingerprint density at radius 3 is 1.25 bits per heavy atom. The Hall–Kier alpha value is -9.96. The number of carbonyl (C=O) groups is 4. The van der Waals surface area contributed by atoms with Crippen molar-refractivity contribution in [2.24, 2.45) is 0 Å². The Morgan fingerprint density at radius 1 is 0.459 bits per heavy atom. The van der Waals surface area contributed by atoms with Crippen molar-refractivity contribution in [2.75, 3.05) is 47.3 Å². The minimum Gasteiger partial charge on any atom is -0.507 e. The van der Waals surface area contributed by atoms with Crippen LogP contribution in [0, 0.1) is 0 Å². The summed E-state index contributed by atoms with van der Waals surface area (Å²) < 4.78 is 9.48. The molecule has 1 fully saturated rings. The second kappa shape index (κ2) is 30.1. The van der Waals surface area contributed by atoms with Gasteiger partial charge in [-0.3, -0.25) is 19.2 Å². The molecule has 0 bridgehead atoms. The quantitative estimate of drug-likeness (QED) is 0.0609. The third-order valence-electron chi connectivity index (χ3n) is 24.5. The molecule has 4 N–H and O–H groups in total. The van der Waals surface area contributed by atoms with Gasteiger partial charge >= 0.3 is 0 Å². The van der Waals surface area contributed by atoms with E-state index in [2.05, 4.69) is 187 Å². The maximum Gasteiger partial charge on any atom is 0.163 e. The SMILES string of the molecule is C=C1CCc2c1ccc1c2c2c3c(ccc2n1CCCN(C)C)C(=O)CC3.C=C1CCc2c1ccc1c2c2cc(C(C)=O)c(O)cc2n1CCC1CCCN1C.C=C1CCc2c1ccc1c2c2cc(C(C)=O)c(O)cc2n1CCNC(C)C.C=C1CCc2c1ccc1c2c2cc(C(C)=O)ccc2n1CCNC(C)C. The molecule has 5 heterocycles. The average molecular weight is 1460 g/mol. The van der Waals surface area contributed by atoms with E-state index in [9.17, 15) is 29.4 Å². The van der Waals surface area contributed by atoms with Gasteiger partial charge in [-0.05, 0) is 278 Å². The fourth-order valence-corrected chi connectivity index (χ4v) is 19.0. The normalized spacial score (nSPS) is 15.9. The first-order valence-corrected chi connectivity index (χ1v) is 39.8. The first-order valence-electron chi connectivity index (χ1n) is 39.8. The minimum atomic E-state index is -0.117. The number of carbonyl (C=O) groups excluding carboxylic acids is 4. The number of ketones is 4. The number of likely N-dealkylation sites (tertiary alicyclic amines) is 1. The molecule has 4 aromatic heterocycles. The Labute approximate surface area is 640 Å². The number of allylic oxidation sites excluding steroid dienone is 4. The minimum absolute atomic E-state index is 0.0527. The number of phenols is 2. The van der Waals surface area contributed by atoms with Crippen LogP contribution in [0.4, 0.5) is 0 Å². The van der Waals surface area contributed by atoms with Crippen LogP contribution < -0.4 is 10.6 Å². The van der Waals surface area contributed by atoms with Gasteiger partial charge in [-0.1, -0.05) is 78.3 Å². The highest BCUT2D eigenvalue weighted by Gasteiger charge is 2.31.